The second kappa shape index (κ2) is 4.79. The summed E-state index contributed by atoms with van der Waals surface area (Å²) in [5.41, 5.74) is 0.0313. The van der Waals surface area contributed by atoms with Gasteiger partial charge >= 0.3 is 12.7 Å². The molecule has 0 aliphatic rings. The molecular weight excluding hydrogens is 266 g/mol. The lowest BCUT2D eigenvalue weighted by Crippen LogP contribution is -2.21. The quantitative estimate of drug-likeness (QED) is 0.778. The first-order chi connectivity index (χ1) is 8.11. The molecule has 1 rings (SSSR count). The minimum Gasteiger partial charge on any atom is -0.402 e. The van der Waals surface area contributed by atoms with Gasteiger partial charge in [-0.25, -0.2) is 0 Å². The van der Waals surface area contributed by atoms with Crippen LogP contribution in [-0.4, -0.2) is 12.7 Å². The lowest BCUT2D eigenvalue weighted by molar-refractivity contribution is -0.287. The summed E-state index contributed by atoms with van der Waals surface area (Å²) < 4.78 is 78.7. The molecule has 0 N–H and O–H groups in total. The number of rotatable bonds is 3. The summed E-state index contributed by atoms with van der Waals surface area (Å²) in [6, 6.07) is 2.42. The van der Waals surface area contributed by atoms with Crippen LogP contribution in [0.15, 0.2) is 24.8 Å². The van der Waals surface area contributed by atoms with Crippen molar-refractivity contribution in [3.05, 3.63) is 36.4 Å². The van der Waals surface area contributed by atoms with Crippen LogP contribution in [0.4, 0.5) is 26.3 Å². The first kappa shape index (κ1) is 14.2. The van der Waals surface area contributed by atoms with Crippen molar-refractivity contribution < 1.29 is 35.8 Å². The average Bonchev–Trinajstić information content (AvgIpc) is 2.16. The van der Waals surface area contributed by atoms with Gasteiger partial charge in [0.15, 0.2) is 11.5 Å². The van der Waals surface area contributed by atoms with Crippen molar-refractivity contribution in [2.24, 2.45) is 0 Å². The van der Waals surface area contributed by atoms with E-state index in [0.717, 1.165) is 6.07 Å². The van der Waals surface area contributed by atoms with Gasteiger partial charge < -0.3 is 9.47 Å². The molecule has 0 aliphatic heterocycles. The number of hydrogen-bond acceptors (Lipinski definition) is 2. The Kier molecular flexibility index (Phi) is 3.78. The Morgan fingerprint density at radius 3 is 1.83 bits per heavy atom. The smallest absolute Gasteiger partial charge is 0.402 e. The number of benzene rings is 1. The molecule has 0 amide bonds. The zero-order valence-electron chi connectivity index (χ0n) is 8.52. The highest BCUT2D eigenvalue weighted by Gasteiger charge is 2.36. The lowest BCUT2D eigenvalue weighted by atomic mass is 10.2. The van der Waals surface area contributed by atoms with Crippen LogP contribution in [0.2, 0.25) is 0 Å². The highest BCUT2D eigenvalue weighted by Crippen LogP contribution is 2.36. The second-order valence-electron chi connectivity index (χ2n) is 2.93. The van der Waals surface area contributed by atoms with Gasteiger partial charge in [-0.05, 0) is 23.8 Å². The lowest BCUT2D eigenvalue weighted by Gasteiger charge is -2.15. The van der Waals surface area contributed by atoms with Gasteiger partial charge in [0.25, 0.3) is 0 Å². The molecule has 18 heavy (non-hydrogen) atoms. The van der Waals surface area contributed by atoms with Crippen molar-refractivity contribution in [3.63, 3.8) is 0 Å². The molecule has 0 aromatic heterocycles. The molecule has 0 bridgehead atoms. The van der Waals surface area contributed by atoms with Crippen LogP contribution in [-0.2, 0) is 0 Å². The van der Waals surface area contributed by atoms with Crippen LogP contribution in [0.25, 0.3) is 0 Å². The van der Waals surface area contributed by atoms with Crippen LogP contribution in [0.5, 0.6) is 11.5 Å². The predicted octanol–water partition coefficient (Wildman–Crippen LogP) is 3.82. The van der Waals surface area contributed by atoms with Crippen molar-refractivity contribution in [3.8, 4) is 11.5 Å². The minimum absolute atomic E-state index is 0.0313. The van der Waals surface area contributed by atoms with Crippen molar-refractivity contribution >= 4 is 0 Å². The zero-order valence-corrected chi connectivity index (χ0v) is 8.52. The molecule has 0 aliphatic carbocycles. The number of hydrogen-bond donors (Lipinski definition) is 0. The van der Waals surface area contributed by atoms with E-state index in [9.17, 15) is 26.3 Å². The van der Waals surface area contributed by atoms with Crippen molar-refractivity contribution in [1.29, 1.82) is 0 Å². The topological polar surface area (TPSA) is 18.5 Å². The van der Waals surface area contributed by atoms with E-state index in [4.69, 9.17) is 0 Å². The van der Waals surface area contributed by atoms with Crippen LogP contribution in [0.1, 0.15) is 5.56 Å². The summed E-state index contributed by atoms with van der Waals surface area (Å²) in [5, 5.41) is 0. The maximum Gasteiger partial charge on any atom is 0.573 e. The highest BCUT2D eigenvalue weighted by atomic mass is 19.4. The molecule has 0 heterocycles. The maximum absolute atomic E-state index is 12.0. The van der Waals surface area contributed by atoms with E-state index in [0.29, 0.717) is 12.1 Å². The molecule has 0 unspecified atom stereocenters. The fourth-order valence-electron chi connectivity index (χ4n) is 1.03. The van der Waals surface area contributed by atoms with E-state index in [1.807, 2.05) is 0 Å². The predicted molar refractivity (Wildman–Crippen MR) is 47.8 cm³/mol. The Bertz CT molecular complexity index is 435. The maximum atomic E-state index is 12.0. The Hall–Kier alpha value is -1.86. The van der Waals surface area contributed by atoms with E-state index >= 15 is 0 Å². The third-order valence-electron chi connectivity index (χ3n) is 1.60. The van der Waals surface area contributed by atoms with Crippen molar-refractivity contribution in [1.82, 2.24) is 0 Å². The van der Waals surface area contributed by atoms with E-state index < -0.39 is 24.2 Å². The van der Waals surface area contributed by atoms with E-state index in [1.54, 1.807) is 0 Å². The summed E-state index contributed by atoms with van der Waals surface area (Å²) in [5.74, 6) is -2.22. The van der Waals surface area contributed by atoms with Crippen LogP contribution < -0.4 is 9.47 Å². The Balaban J connectivity index is 3.12. The minimum atomic E-state index is -5.14. The standard InChI is InChI=1S/C10H5F6O2/c1-2-6-3-4-7(17-9(11,12)13)8(5-6)18-10(14,15)16/h3-5H,1H2. The highest BCUT2D eigenvalue weighted by molar-refractivity contribution is 5.44. The van der Waals surface area contributed by atoms with Crippen molar-refractivity contribution in [2.75, 3.05) is 0 Å². The molecule has 8 heteroatoms. The first-order valence-corrected chi connectivity index (χ1v) is 4.29. The molecule has 0 spiro atoms. The van der Waals surface area contributed by atoms with Gasteiger partial charge in [0.05, 0.1) is 0 Å². The van der Waals surface area contributed by atoms with Gasteiger partial charge in [-0.1, -0.05) is 12.6 Å². The van der Waals surface area contributed by atoms with Gasteiger partial charge in [0.2, 0.25) is 0 Å². The van der Waals surface area contributed by atoms with Gasteiger partial charge in [-0.2, -0.15) is 0 Å². The Labute approximate surface area is 97.4 Å². The largest absolute Gasteiger partial charge is 0.573 e. The van der Waals surface area contributed by atoms with E-state index in [2.05, 4.69) is 22.1 Å². The second-order valence-corrected chi connectivity index (χ2v) is 2.93. The monoisotopic (exact) mass is 271 g/mol. The molecule has 1 aromatic carbocycles. The molecule has 0 fully saturated rings. The molecular formula is C10H5F6O2. The molecule has 0 saturated carbocycles. The zero-order chi connectivity index (χ0) is 14.0. The van der Waals surface area contributed by atoms with E-state index in [-0.39, 0.29) is 5.56 Å². The normalized spacial score (nSPS) is 12.1. The Morgan fingerprint density at radius 1 is 0.889 bits per heavy atom. The average molecular weight is 271 g/mol. The third kappa shape index (κ3) is 4.56. The first-order valence-electron chi connectivity index (χ1n) is 4.29. The molecule has 0 atom stereocenters. The van der Waals surface area contributed by atoms with Crippen LogP contribution in [0.3, 0.4) is 0 Å². The van der Waals surface area contributed by atoms with E-state index in [1.165, 1.54) is 0 Å². The third-order valence-corrected chi connectivity index (χ3v) is 1.60. The van der Waals surface area contributed by atoms with Gasteiger partial charge in [0, 0.05) is 0 Å². The Morgan fingerprint density at radius 2 is 1.39 bits per heavy atom. The van der Waals surface area contributed by atoms with Gasteiger partial charge in [-0.3, -0.25) is 0 Å². The fraction of sp³-hybridized carbons (Fsp3) is 0.200. The van der Waals surface area contributed by atoms with Gasteiger partial charge in [0.1, 0.15) is 0 Å². The number of alkyl halides is 6. The fourth-order valence-corrected chi connectivity index (χ4v) is 1.03. The summed E-state index contributed by atoms with van der Waals surface area (Å²) in [4.78, 5) is 0. The molecule has 1 radical (unpaired) electrons. The molecule has 2 nitrogen and oxygen atoms in total. The number of ether oxygens (including phenoxy) is 2. The summed E-state index contributed by atoms with van der Waals surface area (Å²) in [7, 11) is 0. The SMILES string of the molecule is C=[C]c1ccc(OC(F)(F)F)c(OC(F)(F)F)c1. The molecule has 99 valence electrons. The summed E-state index contributed by atoms with van der Waals surface area (Å²) in [6.07, 6.45) is -8.05. The number of halogens is 6. The summed E-state index contributed by atoms with van der Waals surface area (Å²) >= 11 is 0. The van der Waals surface area contributed by atoms with Gasteiger partial charge in [-0.15, -0.1) is 26.3 Å². The molecule has 1 aromatic rings. The van der Waals surface area contributed by atoms with Crippen molar-refractivity contribution in [2.45, 2.75) is 12.7 Å². The van der Waals surface area contributed by atoms with Crippen LogP contribution in [0, 0.1) is 6.08 Å². The molecule has 0 saturated heterocycles. The summed E-state index contributed by atoms with van der Waals surface area (Å²) in [6.45, 7) is 3.15. The van der Waals surface area contributed by atoms with Crippen LogP contribution >= 0.6 is 0 Å².